The highest BCUT2D eigenvalue weighted by Gasteiger charge is 2.59. The molecule has 1 rings (SSSR count). The van der Waals surface area contributed by atoms with Crippen molar-refractivity contribution < 1.29 is 109 Å². The Balaban J connectivity index is 2.84. The second-order valence-electron chi connectivity index (χ2n) is 18.3. The highest BCUT2D eigenvalue weighted by atomic mass is 31.2. The molecule has 1 aliphatic rings. The zero-order chi connectivity index (χ0) is 53.4. The minimum absolute atomic E-state index is 0.0198. The van der Waals surface area contributed by atoms with Crippen LogP contribution in [0.15, 0.2) is 0 Å². The van der Waals surface area contributed by atoms with Gasteiger partial charge in [-0.2, -0.15) is 0 Å². The third-order valence-electron chi connectivity index (χ3n) is 11.8. The van der Waals surface area contributed by atoms with E-state index in [1.54, 1.807) is 0 Å². The van der Waals surface area contributed by atoms with E-state index in [-0.39, 0.29) is 12.8 Å². The molecule has 1 saturated carbocycles. The molecule has 71 heavy (non-hydrogen) atoms. The molecule has 27 heteroatoms. The van der Waals surface area contributed by atoms with Crippen molar-refractivity contribution in [3.8, 4) is 0 Å². The second-order valence-corrected chi connectivity index (χ2v) is 23.3. The number of unbranched alkanes of at least 4 members (excludes halogenated alkanes) is 23. The molecule has 0 aromatic carbocycles. The molecule has 0 radical (unpaired) electrons. The van der Waals surface area contributed by atoms with Crippen LogP contribution in [0.25, 0.3) is 0 Å². The van der Waals surface area contributed by atoms with Gasteiger partial charge < -0.3 is 53.9 Å². The third kappa shape index (κ3) is 35.8. The van der Waals surface area contributed by atoms with Crippen LogP contribution in [0.1, 0.15) is 206 Å². The maximum Gasteiger partial charge on any atom is 0.472 e. The van der Waals surface area contributed by atoms with Crippen LogP contribution in [0, 0.1) is 0 Å². The molecule has 0 aliphatic heterocycles. The molecule has 23 nitrogen and oxygen atoms in total. The average molecular weight is 1110 g/mol. The lowest BCUT2D eigenvalue weighted by molar-refractivity contribution is -0.209. The van der Waals surface area contributed by atoms with Crippen LogP contribution < -0.4 is 0 Å². The first-order chi connectivity index (χ1) is 33.4. The van der Waals surface area contributed by atoms with E-state index in [2.05, 4.69) is 20.5 Å². The summed E-state index contributed by atoms with van der Waals surface area (Å²) in [7, 11) is -23.0. The molecule has 0 aromatic heterocycles. The van der Waals surface area contributed by atoms with Crippen molar-refractivity contribution in [3.63, 3.8) is 0 Å². The Morgan fingerprint density at radius 3 is 1.14 bits per heavy atom. The fraction of sp³-hybridized carbons (Fsp3) is 0.932. The van der Waals surface area contributed by atoms with Gasteiger partial charge in [0.05, 0.1) is 6.61 Å². The molecule has 0 spiro atoms. The number of Topliss-reactive ketones (excluding diaryl/α,β-unsaturated/α-hetero) is 1. The number of hydrogen-bond donors (Lipinski definition) is 9. The van der Waals surface area contributed by atoms with Crippen molar-refractivity contribution in [1.82, 2.24) is 0 Å². The van der Waals surface area contributed by atoms with Crippen LogP contribution in [0.5, 0.6) is 0 Å². The summed E-state index contributed by atoms with van der Waals surface area (Å²) >= 11 is 0. The Morgan fingerprint density at radius 2 is 0.761 bits per heavy atom. The summed E-state index contributed by atoms with van der Waals surface area (Å²) in [4.78, 5) is 105. The highest BCUT2D eigenvalue weighted by Crippen LogP contribution is 2.53. The van der Waals surface area contributed by atoms with Gasteiger partial charge >= 0.3 is 43.2 Å². The molecule has 0 heterocycles. The van der Waals surface area contributed by atoms with Gasteiger partial charge in [0, 0.05) is 25.7 Å². The maximum atomic E-state index is 13.3. The van der Waals surface area contributed by atoms with Gasteiger partial charge in [-0.1, -0.05) is 155 Å². The fourth-order valence-corrected chi connectivity index (χ4v) is 10.8. The molecule has 1 aliphatic carbocycles. The zero-order valence-electron chi connectivity index (χ0n) is 41.7. The number of hydrogen-bond acceptors (Lipinski definition) is 16. The number of rotatable bonds is 45. The maximum absolute atomic E-state index is 13.3. The summed E-state index contributed by atoms with van der Waals surface area (Å²) in [6.07, 6.45) is 10.1. The summed E-state index contributed by atoms with van der Waals surface area (Å²) in [6.45, 7) is 2.54. The lowest BCUT2D eigenvalue weighted by Crippen LogP contribution is -2.65. The Hall–Kier alpha value is -1.03. The standard InChI is InChI=1S/C44H86O23P4/c1-3-5-6-7-8-9-10-11-16-19-22-25-28-32-38(47)63-36(33-61-37(46)31-27-24-21-18-15-13-12-14-17-20-23-26-30-35(45)29-4-2)34-62-71(59,60)67-41-39(48)42(64-68(50,51)52)44(66-70(56,57)58)43(40(41)49)65-69(53,54)55/h36,39-44,48-49H,3-34H2,1-2H3,(H,59,60)(H2,50,51,52)(H2,53,54,55)(H2,56,57,58)/t36-,39+,40?,41?,42+,43-,44?/m1/s1. The molecule has 0 amide bonds. The van der Waals surface area contributed by atoms with Crippen LogP contribution >= 0.6 is 31.3 Å². The van der Waals surface area contributed by atoms with Crippen LogP contribution in [0.2, 0.25) is 0 Å². The van der Waals surface area contributed by atoms with Crippen molar-refractivity contribution >= 4 is 49.0 Å². The Morgan fingerprint density at radius 1 is 0.408 bits per heavy atom. The van der Waals surface area contributed by atoms with Crippen LogP contribution in [0.3, 0.4) is 0 Å². The van der Waals surface area contributed by atoms with E-state index in [9.17, 15) is 77.1 Å². The van der Waals surface area contributed by atoms with Gasteiger partial charge in [-0.3, -0.25) is 37.0 Å². The van der Waals surface area contributed by atoms with E-state index in [0.29, 0.717) is 31.5 Å². The molecule has 0 bridgehead atoms. The summed E-state index contributed by atoms with van der Waals surface area (Å²) < 4.78 is 82.2. The first-order valence-corrected chi connectivity index (χ1v) is 31.6. The van der Waals surface area contributed by atoms with E-state index in [4.69, 9.17) is 18.5 Å². The van der Waals surface area contributed by atoms with Gasteiger partial charge in [-0.15, -0.1) is 0 Å². The molecular formula is C44H86O23P4. The first kappa shape index (κ1) is 68.0. The van der Waals surface area contributed by atoms with Gasteiger partial charge in [0.2, 0.25) is 0 Å². The predicted octanol–water partition coefficient (Wildman–Crippen LogP) is 8.42. The van der Waals surface area contributed by atoms with E-state index >= 15 is 0 Å². The number of carbonyl (C=O) groups excluding carboxylic acids is 3. The smallest absolute Gasteiger partial charge is 0.462 e. The average Bonchev–Trinajstić information content (AvgIpc) is 3.26. The normalized spacial score (nSPS) is 21.2. The fourth-order valence-electron chi connectivity index (χ4n) is 8.15. The lowest BCUT2D eigenvalue weighted by Gasteiger charge is -2.45. The second kappa shape index (κ2) is 37.7. The summed E-state index contributed by atoms with van der Waals surface area (Å²) in [5, 5.41) is 21.9. The molecule has 4 unspecified atom stereocenters. The highest BCUT2D eigenvalue weighted by molar-refractivity contribution is 7.47. The summed E-state index contributed by atoms with van der Waals surface area (Å²) in [6, 6.07) is 0. The van der Waals surface area contributed by atoms with Gasteiger partial charge in [-0.25, -0.2) is 18.3 Å². The van der Waals surface area contributed by atoms with E-state index in [0.717, 1.165) is 109 Å². The summed E-state index contributed by atoms with van der Waals surface area (Å²) in [5.74, 6) is -1.07. The van der Waals surface area contributed by atoms with Gasteiger partial charge in [-0.05, 0) is 25.7 Å². The molecule has 0 saturated heterocycles. The zero-order valence-corrected chi connectivity index (χ0v) is 45.3. The minimum Gasteiger partial charge on any atom is -0.462 e. The molecule has 8 atom stereocenters. The van der Waals surface area contributed by atoms with Gasteiger partial charge in [0.15, 0.2) is 6.10 Å². The van der Waals surface area contributed by atoms with Crippen molar-refractivity contribution in [2.75, 3.05) is 13.2 Å². The molecule has 9 N–H and O–H groups in total. The number of ketones is 1. The number of phosphoric ester groups is 4. The van der Waals surface area contributed by atoms with E-state index in [1.807, 2.05) is 6.92 Å². The van der Waals surface area contributed by atoms with Crippen molar-refractivity contribution in [1.29, 1.82) is 0 Å². The first-order valence-electron chi connectivity index (χ1n) is 25.5. The molecule has 1 fully saturated rings. The Labute approximate surface area is 419 Å². The molecule has 420 valence electrons. The number of aliphatic hydroxyl groups excluding tert-OH is 2. The van der Waals surface area contributed by atoms with Crippen molar-refractivity contribution in [3.05, 3.63) is 0 Å². The van der Waals surface area contributed by atoms with Crippen LogP contribution in [-0.4, -0.2) is 118 Å². The number of ether oxygens (including phenoxy) is 2. The van der Waals surface area contributed by atoms with E-state index in [1.165, 1.54) is 44.9 Å². The monoisotopic (exact) mass is 1110 g/mol. The lowest BCUT2D eigenvalue weighted by atomic mass is 9.85. The van der Waals surface area contributed by atoms with Crippen LogP contribution in [0.4, 0.5) is 0 Å². The largest absolute Gasteiger partial charge is 0.472 e. The van der Waals surface area contributed by atoms with Crippen molar-refractivity contribution in [2.45, 2.75) is 249 Å². The van der Waals surface area contributed by atoms with Gasteiger partial charge in [0.25, 0.3) is 0 Å². The number of phosphoric acid groups is 4. The molecular weight excluding hydrogens is 1020 g/mol. The predicted molar refractivity (Wildman–Crippen MR) is 259 cm³/mol. The quantitative estimate of drug-likeness (QED) is 0.0157. The van der Waals surface area contributed by atoms with Crippen molar-refractivity contribution in [2.24, 2.45) is 0 Å². The number of aliphatic hydroxyl groups is 2. The number of esters is 2. The van der Waals surface area contributed by atoms with Crippen LogP contribution in [-0.2, 0) is 64.7 Å². The molecule has 0 aromatic rings. The topological polar surface area (TPSA) is 366 Å². The SMILES string of the molecule is CCCCCCCCCCCCCCCC(=O)O[C@H](COC(=O)CCCCCCCCCCCCCCC(=O)CCC)COP(=O)(O)OC1C(O)[C@@H](OP(=O)(O)O)C(OP(=O)(O)O)[C@@H](OP(=O)(O)O)[C@H]1O. The number of carbonyl (C=O) groups is 3. The Kier molecular flexibility index (Phi) is 36.1. The van der Waals surface area contributed by atoms with E-state index < -0.39 is 99.2 Å². The Bertz CT molecular complexity index is 1620. The third-order valence-corrected chi connectivity index (χ3v) is 14.3. The minimum atomic E-state index is -5.79. The summed E-state index contributed by atoms with van der Waals surface area (Å²) in [5.41, 5.74) is 0. The van der Waals surface area contributed by atoms with Gasteiger partial charge in [0.1, 0.15) is 49.0 Å².